The molecule has 164 valence electrons. The van der Waals surface area contributed by atoms with Gasteiger partial charge in [0.2, 0.25) is 11.8 Å². The topological polar surface area (TPSA) is 71.3 Å². The maximum absolute atomic E-state index is 12.9. The molecule has 2 fully saturated rings. The van der Waals surface area contributed by atoms with Crippen LogP contribution in [0, 0.1) is 5.92 Å². The van der Waals surface area contributed by atoms with Crippen LogP contribution in [0.4, 0.5) is 0 Å². The van der Waals surface area contributed by atoms with Gasteiger partial charge < -0.3 is 9.80 Å². The van der Waals surface area contributed by atoms with Crippen molar-refractivity contribution in [1.29, 1.82) is 0 Å². The van der Waals surface area contributed by atoms with Crippen molar-refractivity contribution in [3.8, 4) is 17.1 Å². The molecule has 32 heavy (non-hydrogen) atoms. The van der Waals surface area contributed by atoms with Crippen LogP contribution in [0.25, 0.3) is 17.1 Å². The summed E-state index contributed by atoms with van der Waals surface area (Å²) in [5.74, 6) is 1.60. The highest BCUT2D eigenvalue weighted by molar-refractivity contribution is 7.99. The standard InChI is InChI=1S/C24H25N5O2S/c30-21(27-13-15-28(16-14-27)23(31)19-11-12-19)17-32-24-26-25-22(18-7-3-1-4-8-18)29(24)20-9-5-2-6-10-20/h1-10,19H,11-17H2. The molecule has 1 saturated heterocycles. The van der Waals surface area contributed by atoms with Crippen molar-refractivity contribution in [1.82, 2.24) is 24.6 Å². The predicted molar refractivity (Wildman–Crippen MR) is 123 cm³/mol. The predicted octanol–water partition coefficient (Wildman–Crippen LogP) is 3.11. The van der Waals surface area contributed by atoms with Gasteiger partial charge in [-0.1, -0.05) is 60.3 Å². The fraction of sp³-hybridized carbons (Fsp3) is 0.333. The minimum absolute atomic E-state index is 0.0670. The van der Waals surface area contributed by atoms with Gasteiger partial charge in [0, 0.05) is 43.3 Å². The molecule has 0 atom stereocenters. The van der Waals surface area contributed by atoms with E-state index in [1.807, 2.05) is 75.0 Å². The molecule has 0 radical (unpaired) electrons. The van der Waals surface area contributed by atoms with Crippen molar-refractivity contribution < 1.29 is 9.59 Å². The molecule has 0 spiro atoms. The Kier molecular flexibility index (Phi) is 5.94. The normalized spacial score (nSPS) is 16.2. The van der Waals surface area contributed by atoms with E-state index < -0.39 is 0 Å². The highest BCUT2D eigenvalue weighted by atomic mass is 32.2. The number of piperazine rings is 1. The molecule has 0 unspecified atom stereocenters. The molecule has 1 aliphatic carbocycles. The van der Waals surface area contributed by atoms with E-state index in [9.17, 15) is 9.59 Å². The van der Waals surface area contributed by atoms with E-state index in [0.717, 1.165) is 29.9 Å². The Labute approximate surface area is 191 Å². The maximum atomic E-state index is 12.9. The van der Waals surface area contributed by atoms with Crippen molar-refractivity contribution in [3.05, 3.63) is 60.7 Å². The molecular formula is C24H25N5O2S. The number of aromatic nitrogens is 3. The summed E-state index contributed by atoms with van der Waals surface area (Å²) in [5, 5.41) is 9.51. The van der Waals surface area contributed by atoms with Crippen LogP contribution in [0.3, 0.4) is 0 Å². The number of benzene rings is 2. The van der Waals surface area contributed by atoms with Gasteiger partial charge in [-0.3, -0.25) is 14.2 Å². The fourth-order valence-corrected chi connectivity index (χ4v) is 4.78. The number of nitrogens with zero attached hydrogens (tertiary/aromatic N) is 5. The van der Waals surface area contributed by atoms with E-state index >= 15 is 0 Å². The van der Waals surface area contributed by atoms with Gasteiger partial charge >= 0.3 is 0 Å². The number of para-hydroxylation sites is 1. The lowest BCUT2D eigenvalue weighted by atomic mass is 10.2. The lowest BCUT2D eigenvalue weighted by Crippen LogP contribution is -2.51. The van der Waals surface area contributed by atoms with Crippen molar-refractivity contribution in [2.24, 2.45) is 5.92 Å². The van der Waals surface area contributed by atoms with Gasteiger partial charge in [-0.15, -0.1) is 10.2 Å². The number of carbonyl (C=O) groups is 2. The van der Waals surface area contributed by atoms with Crippen LogP contribution >= 0.6 is 11.8 Å². The molecule has 8 heteroatoms. The Hall–Kier alpha value is -3.13. The van der Waals surface area contributed by atoms with Crippen molar-refractivity contribution in [2.75, 3.05) is 31.9 Å². The molecule has 7 nitrogen and oxygen atoms in total. The van der Waals surface area contributed by atoms with Gasteiger partial charge in [0.25, 0.3) is 0 Å². The van der Waals surface area contributed by atoms with Gasteiger partial charge in [0.1, 0.15) is 0 Å². The minimum Gasteiger partial charge on any atom is -0.339 e. The molecule has 1 aliphatic heterocycles. The lowest BCUT2D eigenvalue weighted by Gasteiger charge is -2.34. The summed E-state index contributed by atoms with van der Waals surface area (Å²) in [5.41, 5.74) is 1.93. The molecule has 3 aromatic rings. The van der Waals surface area contributed by atoms with E-state index in [-0.39, 0.29) is 23.5 Å². The molecule has 0 N–H and O–H groups in total. The smallest absolute Gasteiger partial charge is 0.233 e. The molecule has 2 heterocycles. The molecule has 5 rings (SSSR count). The Balaban J connectivity index is 1.28. The van der Waals surface area contributed by atoms with Crippen LogP contribution in [0.1, 0.15) is 12.8 Å². The first-order valence-electron chi connectivity index (χ1n) is 11.0. The summed E-state index contributed by atoms with van der Waals surface area (Å²) in [7, 11) is 0. The molecular weight excluding hydrogens is 422 g/mol. The number of hydrogen-bond donors (Lipinski definition) is 0. The molecule has 2 aromatic carbocycles. The molecule has 2 amide bonds. The Bertz CT molecular complexity index is 1090. The van der Waals surface area contributed by atoms with Gasteiger partial charge in [0.15, 0.2) is 11.0 Å². The summed E-state index contributed by atoms with van der Waals surface area (Å²) in [6, 6.07) is 19.9. The first-order valence-corrected chi connectivity index (χ1v) is 11.9. The quantitative estimate of drug-likeness (QED) is 0.543. The van der Waals surface area contributed by atoms with E-state index in [1.54, 1.807) is 0 Å². The summed E-state index contributed by atoms with van der Waals surface area (Å²) in [6.07, 6.45) is 2.03. The van der Waals surface area contributed by atoms with Crippen molar-refractivity contribution in [2.45, 2.75) is 18.0 Å². The van der Waals surface area contributed by atoms with Gasteiger partial charge in [-0.25, -0.2) is 0 Å². The van der Waals surface area contributed by atoms with E-state index in [4.69, 9.17) is 0 Å². The van der Waals surface area contributed by atoms with Crippen LogP contribution < -0.4 is 0 Å². The van der Waals surface area contributed by atoms with Gasteiger partial charge in [-0.2, -0.15) is 0 Å². The molecule has 1 aromatic heterocycles. The minimum atomic E-state index is 0.0670. The van der Waals surface area contributed by atoms with Gasteiger partial charge in [-0.05, 0) is 25.0 Å². The zero-order valence-electron chi connectivity index (χ0n) is 17.8. The monoisotopic (exact) mass is 447 g/mol. The second-order valence-corrected chi connectivity index (χ2v) is 9.05. The maximum Gasteiger partial charge on any atom is 0.233 e. The van der Waals surface area contributed by atoms with Crippen LogP contribution in [-0.4, -0.2) is 68.3 Å². The van der Waals surface area contributed by atoms with Crippen LogP contribution in [0.2, 0.25) is 0 Å². The highest BCUT2D eigenvalue weighted by Gasteiger charge is 2.35. The molecule has 2 aliphatic rings. The first kappa shape index (κ1) is 20.8. The average Bonchev–Trinajstić information content (AvgIpc) is 3.62. The van der Waals surface area contributed by atoms with Crippen LogP contribution in [0.15, 0.2) is 65.8 Å². The number of hydrogen-bond acceptors (Lipinski definition) is 5. The van der Waals surface area contributed by atoms with Crippen LogP contribution in [-0.2, 0) is 9.59 Å². The zero-order chi connectivity index (χ0) is 21.9. The Morgan fingerprint density at radius 3 is 2.12 bits per heavy atom. The first-order chi connectivity index (χ1) is 15.7. The largest absolute Gasteiger partial charge is 0.339 e. The second kappa shape index (κ2) is 9.16. The summed E-state index contributed by atoms with van der Waals surface area (Å²) < 4.78 is 2.00. The number of rotatable bonds is 6. The van der Waals surface area contributed by atoms with Crippen molar-refractivity contribution >= 4 is 23.6 Å². The molecule has 1 saturated carbocycles. The van der Waals surface area contributed by atoms with E-state index in [2.05, 4.69) is 10.2 Å². The Morgan fingerprint density at radius 2 is 1.47 bits per heavy atom. The third kappa shape index (κ3) is 4.41. The highest BCUT2D eigenvalue weighted by Crippen LogP contribution is 2.31. The zero-order valence-corrected chi connectivity index (χ0v) is 18.6. The number of amides is 2. The van der Waals surface area contributed by atoms with E-state index in [0.29, 0.717) is 31.3 Å². The fourth-order valence-electron chi connectivity index (χ4n) is 3.93. The van der Waals surface area contributed by atoms with E-state index in [1.165, 1.54) is 11.8 Å². The summed E-state index contributed by atoms with van der Waals surface area (Å²) >= 11 is 1.40. The third-order valence-electron chi connectivity index (χ3n) is 5.88. The second-order valence-electron chi connectivity index (χ2n) is 8.11. The Morgan fingerprint density at radius 1 is 0.844 bits per heavy atom. The number of carbonyl (C=O) groups excluding carboxylic acids is 2. The SMILES string of the molecule is O=C(CSc1nnc(-c2ccccc2)n1-c1ccccc1)N1CCN(C(=O)C2CC2)CC1. The van der Waals surface area contributed by atoms with Crippen molar-refractivity contribution in [3.63, 3.8) is 0 Å². The summed E-state index contributed by atoms with van der Waals surface area (Å²) in [4.78, 5) is 28.9. The third-order valence-corrected chi connectivity index (χ3v) is 6.79. The van der Waals surface area contributed by atoms with Gasteiger partial charge in [0.05, 0.1) is 5.75 Å². The lowest BCUT2D eigenvalue weighted by molar-refractivity contribution is -0.139. The average molecular weight is 448 g/mol. The van der Waals surface area contributed by atoms with Crippen LogP contribution in [0.5, 0.6) is 0 Å². The summed E-state index contributed by atoms with van der Waals surface area (Å²) in [6.45, 7) is 2.45. The number of thioether (sulfide) groups is 1. The molecule has 0 bridgehead atoms.